The zero-order chi connectivity index (χ0) is 13.2. The van der Waals surface area contributed by atoms with Gasteiger partial charge >= 0.3 is 0 Å². The molecule has 0 aliphatic carbocycles. The number of nitrogens with two attached hydrogens (primary N) is 1. The van der Waals surface area contributed by atoms with E-state index in [4.69, 9.17) is 10.5 Å². The topological polar surface area (TPSA) is 75.8 Å². The Bertz CT molecular complexity index is 279. The third-order valence-electron chi connectivity index (χ3n) is 3.17. The van der Waals surface area contributed by atoms with Gasteiger partial charge in [-0.15, -0.1) is 0 Å². The van der Waals surface area contributed by atoms with Gasteiger partial charge in [-0.2, -0.15) is 0 Å². The van der Waals surface area contributed by atoms with E-state index >= 15 is 0 Å². The molecule has 1 aliphatic heterocycles. The lowest BCUT2D eigenvalue weighted by Gasteiger charge is -2.43. The number of amides is 1. The Morgan fingerprint density at radius 3 is 2.65 bits per heavy atom. The van der Waals surface area contributed by atoms with E-state index in [1.807, 2.05) is 27.7 Å². The molecule has 1 fully saturated rings. The highest BCUT2D eigenvalue weighted by atomic mass is 16.5. The van der Waals surface area contributed by atoms with Gasteiger partial charge < -0.3 is 20.5 Å². The van der Waals surface area contributed by atoms with Crippen molar-refractivity contribution in [3.8, 4) is 0 Å². The molecule has 1 saturated heterocycles. The molecule has 1 rings (SSSR count). The summed E-state index contributed by atoms with van der Waals surface area (Å²) >= 11 is 0. The van der Waals surface area contributed by atoms with Crippen molar-refractivity contribution in [2.75, 3.05) is 19.7 Å². The molecule has 0 aromatic carbocycles. The van der Waals surface area contributed by atoms with Gasteiger partial charge in [0, 0.05) is 19.1 Å². The summed E-state index contributed by atoms with van der Waals surface area (Å²) in [6, 6.07) is -0.166. The quantitative estimate of drug-likeness (QED) is 0.731. The van der Waals surface area contributed by atoms with Crippen molar-refractivity contribution in [2.45, 2.75) is 45.4 Å². The molecule has 0 aromatic rings. The van der Waals surface area contributed by atoms with Gasteiger partial charge in [0.25, 0.3) is 0 Å². The monoisotopic (exact) mass is 244 g/mol. The minimum atomic E-state index is -0.418. The smallest absolute Gasteiger partial charge is 0.227 e. The Morgan fingerprint density at radius 2 is 2.18 bits per heavy atom. The molecule has 0 radical (unpaired) electrons. The van der Waals surface area contributed by atoms with Crippen LogP contribution in [0.5, 0.6) is 0 Å². The zero-order valence-electron chi connectivity index (χ0n) is 11.1. The van der Waals surface area contributed by atoms with Crippen molar-refractivity contribution in [2.24, 2.45) is 11.7 Å². The van der Waals surface area contributed by atoms with Crippen molar-refractivity contribution in [1.29, 1.82) is 0 Å². The molecule has 0 saturated carbocycles. The number of hydrogen-bond donors (Lipinski definition) is 2. The van der Waals surface area contributed by atoms with Crippen LogP contribution >= 0.6 is 0 Å². The highest BCUT2D eigenvalue weighted by Gasteiger charge is 2.36. The molecular formula is C12H24N2O3. The average Bonchev–Trinajstić information content (AvgIpc) is 2.24. The molecule has 100 valence electrons. The first-order valence-electron chi connectivity index (χ1n) is 6.10. The van der Waals surface area contributed by atoms with Crippen LogP contribution in [-0.2, 0) is 9.53 Å². The Balaban J connectivity index is 2.73. The standard InChI is InChI=1S/C12H24N2O3/c1-8(9(2)13)11(16)14-5-10(6-15)17-12(3,4)7-14/h8-10,15H,5-7,13H2,1-4H3. The maximum Gasteiger partial charge on any atom is 0.227 e. The molecule has 0 bridgehead atoms. The molecule has 1 heterocycles. The van der Waals surface area contributed by atoms with Crippen molar-refractivity contribution in [3.63, 3.8) is 0 Å². The summed E-state index contributed by atoms with van der Waals surface area (Å²) in [5, 5.41) is 9.18. The van der Waals surface area contributed by atoms with Gasteiger partial charge in [0.05, 0.1) is 24.2 Å². The summed E-state index contributed by atoms with van der Waals surface area (Å²) in [7, 11) is 0. The van der Waals surface area contributed by atoms with E-state index in [2.05, 4.69) is 0 Å². The number of carbonyl (C=O) groups excluding carboxylic acids is 1. The van der Waals surface area contributed by atoms with Crippen molar-refractivity contribution < 1.29 is 14.6 Å². The average molecular weight is 244 g/mol. The van der Waals surface area contributed by atoms with Gasteiger partial charge in [-0.05, 0) is 20.8 Å². The van der Waals surface area contributed by atoms with Crippen LogP contribution in [-0.4, -0.2) is 53.4 Å². The molecule has 3 atom stereocenters. The van der Waals surface area contributed by atoms with E-state index in [1.165, 1.54) is 0 Å². The molecule has 1 aliphatic rings. The summed E-state index contributed by atoms with van der Waals surface area (Å²) in [6.45, 7) is 8.42. The number of carbonyl (C=O) groups is 1. The van der Waals surface area contributed by atoms with Gasteiger partial charge in [-0.1, -0.05) is 6.92 Å². The molecule has 0 spiro atoms. The van der Waals surface area contributed by atoms with Crippen LogP contribution in [0.3, 0.4) is 0 Å². The van der Waals surface area contributed by atoms with Crippen molar-refractivity contribution in [1.82, 2.24) is 4.90 Å². The molecule has 5 nitrogen and oxygen atoms in total. The van der Waals surface area contributed by atoms with E-state index in [-0.39, 0.29) is 30.6 Å². The largest absolute Gasteiger partial charge is 0.394 e. The normalized spacial score (nSPS) is 27.6. The lowest BCUT2D eigenvalue weighted by molar-refractivity contribution is -0.169. The maximum absolute atomic E-state index is 12.2. The summed E-state index contributed by atoms with van der Waals surface area (Å²) < 4.78 is 5.67. The Morgan fingerprint density at radius 1 is 1.59 bits per heavy atom. The first kappa shape index (κ1) is 14.4. The third-order valence-corrected chi connectivity index (χ3v) is 3.17. The number of ether oxygens (including phenoxy) is 1. The van der Waals surface area contributed by atoms with Crippen LogP contribution < -0.4 is 5.73 Å². The van der Waals surface area contributed by atoms with Gasteiger partial charge in [-0.3, -0.25) is 4.79 Å². The highest BCUT2D eigenvalue weighted by Crippen LogP contribution is 2.22. The highest BCUT2D eigenvalue weighted by molar-refractivity contribution is 5.79. The zero-order valence-corrected chi connectivity index (χ0v) is 11.1. The summed E-state index contributed by atoms with van der Waals surface area (Å²) in [4.78, 5) is 13.9. The number of nitrogens with zero attached hydrogens (tertiary/aromatic N) is 1. The van der Waals surface area contributed by atoms with E-state index in [0.717, 1.165) is 0 Å². The molecule has 0 aromatic heterocycles. The minimum absolute atomic E-state index is 0.0369. The summed E-state index contributed by atoms with van der Waals surface area (Å²) in [5.41, 5.74) is 5.33. The molecule has 1 amide bonds. The predicted molar refractivity (Wildman–Crippen MR) is 65.4 cm³/mol. The predicted octanol–water partition coefficient (Wildman–Crippen LogP) is -0.0320. The maximum atomic E-state index is 12.2. The number of aliphatic hydroxyl groups excluding tert-OH is 1. The minimum Gasteiger partial charge on any atom is -0.394 e. The van der Waals surface area contributed by atoms with Crippen LogP contribution in [0.4, 0.5) is 0 Å². The fraction of sp³-hybridized carbons (Fsp3) is 0.917. The first-order chi connectivity index (χ1) is 7.76. The Hall–Kier alpha value is -0.650. The van der Waals surface area contributed by atoms with Crippen LogP contribution in [0.1, 0.15) is 27.7 Å². The van der Waals surface area contributed by atoms with E-state index in [9.17, 15) is 9.90 Å². The lowest BCUT2D eigenvalue weighted by Crippen LogP contribution is -2.57. The van der Waals surface area contributed by atoms with Gasteiger partial charge in [0.2, 0.25) is 5.91 Å². The van der Waals surface area contributed by atoms with Crippen LogP contribution in [0, 0.1) is 5.92 Å². The Kier molecular flexibility index (Phi) is 4.52. The second-order valence-electron chi connectivity index (χ2n) is 5.55. The molecule has 3 N–H and O–H groups in total. The van der Waals surface area contributed by atoms with Gasteiger partial charge in [0.1, 0.15) is 0 Å². The van der Waals surface area contributed by atoms with Gasteiger partial charge in [-0.25, -0.2) is 0 Å². The fourth-order valence-electron chi connectivity index (χ4n) is 2.07. The van der Waals surface area contributed by atoms with Crippen LogP contribution in [0.15, 0.2) is 0 Å². The SMILES string of the molecule is CC(N)C(C)C(=O)N1CC(CO)OC(C)(C)C1. The van der Waals surface area contributed by atoms with E-state index in [1.54, 1.807) is 4.90 Å². The molecule has 5 heteroatoms. The van der Waals surface area contributed by atoms with Gasteiger partial charge in [0.15, 0.2) is 0 Å². The van der Waals surface area contributed by atoms with E-state index in [0.29, 0.717) is 13.1 Å². The lowest BCUT2D eigenvalue weighted by atomic mass is 9.99. The van der Waals surface area contributed by atoms with Crippen LogP contribution in [0.2, 0.25) is 0 Å². The summed E-state index contributed by atoms with van der Waals surface area (Å²) in [5.74, 6) is -0.168. The second-order valence-corrected chi connectivity index (χ2v) is 5.55. The summed E-state index contributed by atoms with van der Waals surface area (Å²) in [6.07, 6.45) is -0.303. The fourth-order valence-corrected chi connectivity index (χ4v) is 2.07. The molecule has 3 unspecified atom stereocenters. The number of aliphatic hydroxyl groups is 1. The first-order valence-corrected chi connectivity index (χ1v) is 6.10. The number of morpholine rings is 1. The van der Waals surface area contributed by atoms with Crippen LogP contribution in [0.25, 0.3) is 0 Å². The molecule has 17 heavy (non-hydrogen) atoms. The molecular weight excluding hydrogens is 220 g/mol. The number of rotatable bonds is 3. The number of hydrogen-bond acceptors (Lipinski definition) is 4. The van der Waals surface area contributed by atoms with Crippen molar-refractivity contribution >= 4 is 5.91 Å². The second kappa shape index (κ2) is 5.33. The van der Waals surface area contributed by atoms with Crippen molar-refractivity contribution in [3.05, 3.63) is 0 Å². The van der Waals surface area contributed by atoms with E-state index < -0.39 is 5.60 Å². The Labute approximate surface area is 103 Å². The third kappa shape index (κ3) is 3.66.